The van der Waals surface area contributed by atoms with Gasteiger partial charge in [-0.2, -0.15) is 0 Å². The van der Waals surface area contributed by atoms with Crippen LogP contribution in [-0.4, -0.2) is 83.0 Å². The molecule has 1 aliphatic rings. The van der Waals surface area contributed by atoms with Crippen LogP contribution in [0.5, 0.6) is 0 Å². The van der Waals surface area contributed by atoms with Crippen LogP contribution in [0.3, 0.4) is 0 Å². The third-order valence-electron chi connectivity index (χ3n) is 7.22. The summed E-state index contributed by atoms with van der Waals surface area (Å²) in [6, 6.07) is -1.15. The summed E-state index contributed by atoms with van der Waals surface area (Å²) < 4.78 is 4.98. The minimum atomic E-state index is -0.937. The second kappa shape index (κ2) is 14.0. The highest BCUT2D eigenvalue weighted by molar-refractivity contribution is 7.09. The number of aromatic nitrogens is 1. The van der Waals surface area contributed by atoms with Gasteiger partial charge in [-0.1, -0.05) is 40.5 Å². The Morgan fingerprint density at radius 2 is 1.97 bits per heavy atom. The average Bonchev–Trinajstić information content (AvgIpc) is 3.35. The van der Waals surface area contributed by atoms with Crippen molar-refractivity contribution in [1.29, 1.82) is 0 Å². The zero-order valence-electron chi connectivity index (χ0n) is 22.8. The zero-order valence-corrected chi connectivity index (χ0v) is 23.6. The Bertz CT molecular complexity index is 876. The molecule has 1 fully saturated rings. The van der Waals surface area contributed by atoms with Crippen molar-refractivity contribution in [3.8, 4) is 0 Å². The van der Waals surface area contributed by atoms with Crippen LogP contribution in [0.25, 0.3) is 0 Å². The molecule has 1 aromatic heterocycles. The minimum absolute atomic E-state index is 0.0402. The predicted molar refractivity (Wildman–Crippen MR) is 141 cm³/mol. The smallest absolute Gasteiger partial charge is 0.357 e. The molecule has 0 bridgehead atoms. The third-order valence-corrected chi connectivity index (χ3v) is 8.17. The van der Waals surface area contributed by atoms with Gasteiger partial charge in [0.05, 0.1) is 12.6 Å². The van der Waals surface area contributed by atoms with Crippen molar-refractivity contribution >= 4 is 29.1 Å². The normalized spacial score (nSPS) is 19.9. The number of nitrogens with zero attached hydrogens (tertiary/aromatic N) is 3. The van der Waals surface area contributed by atoms with E-state index in [1.165, 1.54) is 11.3 Å². The molecule has 5 atom stereocenters. The predicted octanol–water partition coefficient (Wildman–Crippen LogP) is 3.24. The standard InChI is InChI=1S/C26H44N4O5S/c1-8-17(5)22(28-23(32)19-12-10-11-13-29(19)6)25(33)30(7)20(16(3)4)14-21(31)24-27-18(15-36-24)26(34)35-9-2/h15-17,19-22,31H,8-14H2,1-7H3,(H,28,32)/t17-,19?,20+,21+,22-/m0/s1. The summed E-state index contributed by atoms with van der Waals surface area (Å²) >= 11 is 1.20. The molecule has 1 saturated heterocycles. The van der Waals surface area contributed by atoms with Crippen LogP contribution < -0.4 is 5.32 Å². The van der Waals surface area contributed by atoms with E-state index in [9.17, 15) is 19.5 Å². The maximum atomic E-state index is 13.7. The molecule has 1 aliphatic heterocycles. The summed E-state index contributed by atoms with van der Waals surface area (Å²) in [5.41, 5.74) is 0.175. The highest BCUT2D eigenvalue weighted by Gasteiger charge is 2.36. The Balaban J connectivity index is 2.15. The number of ether oxygens (including phenoxy) is 1. The fraction of sp³-hybridized carbons (Fsp3) is 0.769. The van der Waals surface area contributed by atoms with Crippen LogP contribution in [-0.2, 0) is 14.3 Å². The molecular formula is C26H44N4O5S. The number of rotatable bonds is 12. The molecular weight excluding hydrogens is 480 g/mol. The highest BCUT2D eigenvalue weighted by Crippen LogP contribution is 2.28. The number of aliphatic hydroxyl groups excluding tert-OH is 1. The van der Waals surface area contributed by atoms with Crippen LogP contribution in [0.1, 0.15) is 88.3 Å². The van der Waals surface area contributed by atoms with Gasteiger partial charge >= 0.3 is 5.97 Å². The largest absolute Gasteiger partial charge is 0.461 e. The van der Waals surface area contributed by atoms with Crippen molar-refractivity contribution in [2.45, 2.75) is 91.0 Å². The maximum absolute atomic E-state index is 13.7. The Kier molecular flexibility index (Phi) is 11.8. The summed E-state index contributed by atoms with van der Waals surface area (Å²) in [6.45, 7) is 10.8. The molecule has 0 aromatic carbocycles. The minimum Gasteiger partial charge on any atom is -0.461 e. The van der Waals surface area contributed by atoms with Gasteiger partial charge in [0.15, 0.2) is 5.69 Å². The van der Waals surface area contributed by atoms with Crippen molar-refractivity contribution < 1.29 is 24.2 Å². The molecule has 0 saturated carbocycles. The molecule has 2 rings (SSSR count). The molecule has 204 valence electrons. The van der Waals surface area contributed by atoms with Gasteiger partial charge in [0, 0.05) is 24.9 Å². The summed E-state index contributed by atoms with van der Waals surface area (Å²) in [5, 5.41) is 16.0. The second-order valence-electron chi connectivity index (χ2n) is 10.2. The fourth-order valence-electron chi connectivity index (χ4n) is 4.67. The zero-order chi connectivity index (χ0) is 27.0. The third kappa shape index (κ3) is 7.73. The van der Waals surface area contributed by atoms with Crippen molar-refractivity contribution in [3.05, 3.63) is 16.1 Å². The summed E-state index contributed by atoms with van der Waals surface area (Å²) in [7, 11) is 3.69. The van der Waals surface area contributed by atoms with Crippen LogP contribution in [0, 0.1) is 11.8 Å². The molecule has 36 heavy (non-hydrogen) atoms. The van der Waals surface area contributed by atoms with E-state index in [4.69, 9.17) is 4.74 Å². The van der Waals surface area contributed by atoms with E-state index < -0.39 is 18.1 Å². The van der Waals surface area contributed by atoms with E-state index in [1.807, 2.05) is 34.7 Å². The number of likely N-dealkylation sites (N-methyl/N-ethyl adjacent to an activating group) is 2. The molecule has 2 N–H and O–H groups in total. The Hall–Kier alpha value is -2.04. The summed E-state index contributed by atoms with van der Waals surface area (Å²) in [5.74, 6) is -0.763. The quantitative estimate of drug-likeness (QED) is 0.404. The Morgan fingerprint density at radius 1 is 1.28 bits per heavy atom. The number of carbonyl (C=O) groups is 3. The summed E-state index contributed by atoms with van der Waals surface area (Å²) in [6.07, 6.45) is 2.95. The molecule has 9 nitrogen and oxygen atoms in total. The average molecular weight is 525 g/mol. The number of piperidine rings is 1. The number of hydrogen-bond acceptors (Lipinski definition) is 8. The lowest BCUT2D eigenvalue weighted by molar-refractivity contribution is -0.141. The van der Waals surface area contributed by atoms with Crippen molar-refractivity contribution in [1.82, 2.24) is 20.1 Å². The van der Waals surface area contributed by atoms with Gasteiger partial charge in [0.1, 0.15) is 17.2 Å². The molecule has 1 aromatic rings. The second-order valence-corrected chi connectivity index (χ2v) is 11.1. The SMILES string of the molecule is CCOC(=O)c1csc([C@H](O)C[C@H](C(C)C)N(C)C(=O)[C@@H](NC(=O)C2CCCCN2C)[C@@H](C)CC)n1. The first-order valence-corrected chi connectivity index (χ1v) is 14.0. The molecule has 2 heterocycles. The Morgan fingerprint density at radius 3 is 2.56 bits per heavy atom. The van der Waals surface area contributed by atoms with Gasteiger partial charge in [-0.05, 0) is 45.2 Å². The first kappa shape index (κ1) is 30.2. The van der Waals surface area contributed by atoms with E-state index in [1.54, 1.807) is 24.3 Å². The number of carbonyl (C=O) groups excluding carboxylic acids is 3. The van der Waals surface area contributed by atoms with E-state index in [0.29, 0.717) is 5.01 Å². The van der Waals surface area contributed by atoms with Gasteiger partial charge in [0.2, 0.25) is 11.8 Å². The number of amides is 2. The molecule has 1 unspecified atom stereocenters. The Labute approximate surface area is 219 Å². The van der Waals surface area contributed by atoms with Crippen LogP contribution in [0.15, 0.2) is 5.38 Å². The summed E-state index contributed by atoms with van der Waals surface area (Å²) in [4.78, 5) is 46.8. The van der Waals surface area contributed by atoms with Crippen molar-refractivity contribution in [2.24, 2.45) is 11.8 Å². The van der Waals surface area contributed by atoms with Gasteiger partial charge in [-0.15, -0.1) is 11.3 Å². The number of nitrogens with one attached hydrogen (secondary N) is 1. The first-order chi connectivity index (χ1) is 17.0. The van der Waals surface area contributed by atoms with E-state index in [0.717, 1.165) is 32.2 Å². The lowest BCUT2D eigenvalue weighted by atomic mass is 9.92. The number of hydrogen-bond donors (Lipinski definition) is 2. The number of esters is 1. The van der Waals surface area contributed by atoms with Gasteiger partial charge in [-0.25, -0.2) is 9.78 Å². The van der Waals surface area contributed by atoms with Crippen LogP contribution in [0.4, 0.5) is 0 Å². The monoisotopic (exact) mass is 524 g/mol. The van der Waals surface area contributed by atoms with E-state index in [2.05, 4.69) is 15.2 Å². The molecule has 10 heteroatoms. The van der Waals surface area contributed by atoms with E-state index in [-0.39, 0.29) is 54.5 Å². The lowest BCUT2D eigenvalue weighted by Gasteiger charge is -2.38. The molecule has 0 aliphatic carbocycles. The van der Waals surface area contributed by atoms with Crippen LogP contribution in [0.2, 0.25) is 0 Å². The lowest BCUT2D eigenvalue weighted by Crippen LogP contribution is -2.58. The number of aliphatic hydroxyl groups is 1. The highest BCUT2D eigenvalue weighted by atomic mass is 32.1. The molecule has 0 radical (unpaired) electrons. The molecule has 2 amide bonds. The van der Waals surface area contributed by atoms with E-state index >= 15 is 0 Å². The topological polar surface area (TPSA) is 112 Å². The number of likely N-dealkylation sites (tertiary alicyclic amines) is 1. The van der Waals surface area contributed by atoms with Crippen molar-refractivity contribution in [2.75, 3.05) is 27.2 Å². The number of thiazole rings is 1. The van der Waals surface area contributed by atoms with Gasteiger partial charge in [-0.3, -0.25) is 14.5 Å². The van der Waals surface area contributed by atoms with Crippen molar-refractivity contribution in [3.63, 3.8) is 0 Å². The molecule has 0 spiro atoms. The van der Waals surface area contributed by atoms with Crippen LogP contribution >= 0.6 is 11.3 Å². The first-order valence-electron chi connectivity index (χ1n) is 13.1. The maximum Gasteiger partial charge on any atom is 0.357 e. The van der Waals surface area contributed by atoms with Gasteiger partial charge in [0.25, 0.3) is 0 Å². The fourth-order valence-corrected chi connectivity index (χ4v) is 5.45. The van der Waals surface area contributed by atoms with Gasteiger partial charge < -0.3 is 20.1 Å².